The van der Waals surface area contributed by atoms with Gasteiger partial charge in [0.15, 0.2) is 0 Å². The lowest BCUT2D eigenvalue weighted by Gasteiger charge is -2.07. The smallest absolute Gasteiger partial charge is 0.0228 e. The summed E-state index contributed by atoms with van der Waals surface area (Å²) in [5, 5.41) is 0. The van der Waals surface area contributed by atoms with Crippen LogP contribution in [0.5, 0.6) is 0 Å². The van der Waals surface area contributed by atoms with Crippen molar-refractivity contribution in [3.05, 3.63) is 40.5 Å². The molecule has 0 heterocycles. The first-order valence-corrected chi connectivity index (χ1v) is 5.40. The molecule has 0 aliphatic rings. The molecule has 0 unspecified atom stereocenters. The summed E-state index contributed by atoms with van der Waals surface area (Å²) >= 11 is 0. The number of aryl methyl sites for hydroxylation is 1. The van der Waals surface area contributed by atoms with E-state index in [0.717, 1.165) is 0 Å². The van der Waals surface area contributed by atoms with E-state index in [-0.39, 0.29) is 0 Å². The molecule has 14 heavy (non-hydrogen) atoms. The maximum atomic E-state index is 2.26. The fourth-order valence-corrected chi connectivity index (χ4v) is 1.53. The van der Waals surface area contributed by atoms with Crippen LogP contribution in [0.15, 0.2) is 18.2 Å². The molecule has 1 rings (SSSR count). The molecule has 0 heteroatoms. The maximum absolute atomic E-state index is 2.26. The zero-order valence-corrected chi connectivity index (χ0v) is 9.72. The van der Waals surface area contributed by atoms with E-state index in [1.807, 2.05) is 0 Å². The predicted octanol–water partition coefficient (Wildman–Crippen LogP) is 4.43. The Morgan fingerprint density at radius 1 is 1.07 bits per heavy atom. The van der Waals surface area contributed by atoms with Gasteiger partial charge in [-0.15, -0.1) is 0 Å². The standard InChI is InChI=1S/C14H20/c1-5-6-7-8-14-10-9-11(2)12(3)13(14)4/h7-10H,5-6H2,1-4H3. The number of allylic oxidation sites excluding steroid dienone is 1. The van der Waals surface area contributed by atoms with Gasteiger partial charge < -0.3 is 0 Å². The lowest BCUT2D eigenvalue weighted by atomic mass is 9.98. The second-order valence-corrected chi connectivity index (χ2v) is 3.91. The highest BCUT2D eigenvalue weighted by Crippen LogP contribution is 2.18. The third-order valence-electron chi connectivity index (χ3n) is 2.85. The second kappa shape index (κ2) is 4.99. The summed E-state index contributed by atoms with van der Waals surface area (Å²) in [6.07, 6.45) is 6.90. The molecule has 0 atom stereocenters. The van der Waals surface area contributed by atoms with Crippen LogP contribution in [0.2, 0.25) is 0 Å². The minimum Gasteiger partial charge on any atom is -0.0839 e. The van der Waals surface area contributed by atoms with Gasteiger partial charge in [-0.1, -0.05) is 37.6 Å². The lowest BCUT2D eigenvalue weighted by molar-refractivity contribution is 0.962. The molecule has 76 valence electrons. The number of unbranched alkanes of at least 4 members (excludes halogenated alkanes) is 1. The molecular formula is C14H20. The maximum Gasteiger partial charge on any atom is -0.0228 e. The summed E-state index contributed by atoms with van der Waals surface area (Å²) < 4.78 is 0. The van der Waals surface area contributed by atoms with Crippen molar-refractivity contribution in [1.29, 1.82) is 0 Å². The highest BCUT2D eigenvalue weighted by molar-refractivity contribution is 5.56. The molecule has 0 amide bonds. The van der Waals surface area contributed by atoms with E-state index in [1.165, 1.54) is 35.1 Å². The summed E-state index contributed by atoms with van der Waals surface area (Å²) in [7, 11) is 0. The van der Waals surface area contributed by atoms with Gasteiger partial charge in [0.05, 0.1) is 0 Å². The Hall–Kier alpha value is -1.04. The molecule has 0 bridgehead atoms. The highest BCUT2D eigenvalue weighted by atomic mass is 14.0. The molecule has 0 spiro atoms. The Morgan fingerprint density at radius 2 is 1.79 bits per heavy atom. The van der Waals surface area contributed by atoms with E-state index >= 15 is 0 Å². The van der Waals surface area contributed by atoms with E-state index < -0.39 is 0 Å². The molecule has 0 fully saturated rings. The van der Waals surface area contributed by atoms with Crippen LogP contribution in [0.4, 0.5) is 0 Å². The Kier molecular flexibility index (Phi) is 3.94. The molecule has 1 aromatic rings. The van der Waals surface area contributed by atoms with Crippen molar-refractivity contribution in [1.82, 2.24) is 0 Å². The largest absolute Gasteiger partial charge is 0.0839 e. The normalized spacial score (nSPS) is 11.1. The molecule has 0 saturated carbocycles. The Morgan fingerprint density at radius 3 is 2.43 bits per heavy atom. The summed E-state index contributed by atoms with van der Waals surface area (Å²) in [5.74, 6) is 0. The van der Waals surface area contributed by atoms with Crippen LogP contribution < -0.4 is 0 Å². The minimum atomic E-state index is 1.17. The first-order valence-electron chi connectivity index (χ1n) is 5.40. The Bertz CT molecular complexity index is 332. The van der Waals surface area contributed by atoms with Gasteiger partial charge in [-0.2, -0.15) is 0 Å². The van der Waals surface area contributed by atoms with Crippen LogP contribution in [0.3, 0.4) is 0 Å². The second-order valence-electron chi connectivity index (χ2n) is 3.91. The molecule has 0 aliphatic heterocycles. The third-order valence-corrected chi connectivity index (χ3v) is 2.85. The monoisotopic (exact) mass is 188 g/mol. The quantitative estimate of drug-likeness (QED) is 0.658. The van der Waals surface area contributed by atoms with E-state index in [4.69, 9.17) is 0 Å². The predicted molar refractivity (Wildman–Crippen MR) is 64.6 cm³/mol. The average molecular weight is 188 g/mol. The molecule has 0 aromatic heterocycles. The molecule has 0 saturated heterocycles. The van der Waals surface area contributed by atoms with E-state index in [1.54, 1.807) is 0 Å². The van der Waals surface area contributed by atoms with Crippen LogP contribution in [-0.2, 0) is 0 Å². The van der Waals surface area contributed by atoms with Crippen molar-refractivity contribution in [2.45, 2.75) is 40.5 Å². The summed E-state index contributed by atoms with van der Waals surface area (Å²) in [6, 6.07) is 4.41. The van der Waals surface area contributed by atoms with Crippen molar-refractivity contribution in [3.8, 4) is 0 Å². The lowest BCUT2D eigenvalue weighted by Crippen LogP contribution is -1.89. The van der Waals surface area contributed by atoms with E-state index in [0.29, 0.717) is 0 Å². The number of hydrogen-bond acceptors (Lipinski definition) is 0. The van der Waals surface area contributed by atoms with Gasteiger partial charge in [0, 0.05) is 0 Å². The highest BCUT2D eigenvalue weighted by Gasteiger charge is 1.99. The molecule has 0 N–H and O–H groups in total. The van der Waals surface area contributed by atoms with Gasteiger partial charge in [-0.05, 0) is 49.4 Å². The van der Waals surface area contributed by atoms with Gasteiger partial charge >= 0.3 is 0 Å². The first kappa shape index (κ1) is 11.0. The van der Waals surface area contributed by atoms with Crippen LogP contribution in [0.1, 0.15) is 42.0 Å². The molecule has 0 aliphatic carbocycles. The average Bonchev–Trinajstić information content (AvgIpc) is 2.18. The fraction of sp³-hybridized carbons (Fsp3) is 0.429. The molecule has 0 nitrogen and oxygen atoms in total. The van der Waals surface area contributed by atoms with Crippen LogP contribution in [0, 0.1) is 20.8 Å². The van der Waals surface area contributed by atoms with Gasteiger partial charge in [-0.25, -0.2) is 0 Å². The van der Waals surface area contributed by atoms with Crippen molar-refractivity contribution in [3.63, 3.8) is 0 Å². The van der Waals surface area contributed by atoms with E-state index in [2.05, 4.69) is 52.0 Å². The van der Waals surface area contributed by atoms with Gasteiger partial charge in [0.1, 0.15) is 0 Å². The summed E-state index contributed by atoms with van der Waals surface area (Å²) in [5.41, 5.74) is 5.58. The summed E-state index contributed by atoms with van der Waals surface area (Å²) in [6.45, 7) is 8.77. The third kappa shape index (κ3) is 2.47. The van der Waals surface area contributed by atoms with Gasteiger partial charge in [0.2, 0.25) is 0 Å². The number of hydrogen-bond donors (Lipinski definition) is 0. The molecule has 0 radical (unpaired) electrons. The van der Waals surface area contributed by atoms with Gasteiger partial charge in [-0.3, -0.25) is 0 Å². The van der Waals surface area contributed by atoms with Crippen LogP contribution >= 0.6 is 0 Å². The van der Waals surface area contributed by atoms with Crippen molar-refractivity contribution in [2.24, 2.45) is 0 Å². The van der Waals surface area contributed by atoms with Crippen molar-refractivity contribution in [2.75, 3.05) is 0 Å². The van der Waals surface area contributed by atoms with Crippen molar-refractivity contribution >= 4 is 6.08 Å². The molecule has 1 aromatic carbocycles. The Balaban J connectivity index is 2.94. The first-order chi connectivity index (χ1) is 6.66. The van der Waals surface area contributed by atoms with Gasteiger partial charge in [0.25, 0.3) is 0 Å². The zero-order chi connectivity index (χ0) is 10.6. The summed E-state index contributed by atoms with van der Waals surface area (Å²) in [4.78, 5) is 0. The fourth-order valence-electron chi connectivity index (χ4n) is 1.53. The van der Waals surface area contributed by atoms with Crippen LogP contribution in [-0.4, -0.2) is 0 Å². The van der Waals surface area contributed by atoms with Crippen molar-refractivity contribution < 1.29 is 0 Å². The van der Waals surface area contributed by atoms with Crippen LogP contribution in [0.25, 0.3) is 6.08 Å². The number of benzene rings is 1. The number of rotatable bonds is 3. The SMILES string of the molecule is CCCC=Cc1ccc(C)c(C)c1C. The topological polar surface area (TPSA) is 0 Å². The molecular weight excluding hydrogens is 168 g/mol. The zero-order valence-electron chi connectivity index (χ0n) is 9.72. The minimum absolute atomic E-state index is 1.17. The Labute approximate surface area is 87.7 Å². The van der Waals surface area contributed by atoms with E-state index in [9.17, 15) is 0 Å².